The van der Waals surface area contributed by atoms with E-state index in [0.29, 0.717) is 57.4 Å². The van der Waals surface area contributed by atoms with E-state index in [-0.39, 0.29) is 61.1 Å². The largest absolute Gasteiger partial charge is 0.493 e. The summed E-state index contributed by atoms with van der Waals surface area (Å²) < 4.78 is 113. The first-order chi connectivity index (χ1) is 31.0. The van der Waals surface area contributed by atoms with Crippen molar-refractivity contribution in [2.75, 3.05) is 59.3 Å². The van der Waals surface area contributed by atoms with E-state index < -0.39 is 59.1 Å². The molecule has 1 aliphatic rings. The van der Waals surface area contributed by atoms with E-state index in [0.717, 1.165) is 6.07 Å². The first-order valence-corrected chi connectivity index (χ1v) is 26.0. The van der Waals surface area contributed by atoms with Gasteiger partial charge in [-0.05, 0) is 125 Å². The van der Waals surface area contributed by atoms with Crippen LogP contribution in [0.15, 0.2) is 57.2 Å². The third kappa shape index (κ3) is 17.5. The molecule has 3 aromatic carbocycles. The van der Waals surface area contributed by atoms with Crippen molar-refractivity contribution < 1.29 is 73.2 Å². The number of hydrogen-bond acceptors (Lipinski definition) is 15. The van der Waals surface area contributed by atoms with Gasteiger partial charge in [0.1, 0.15) is 38.8 Å². The highest BCUT2D eigenvalue weighted by molar-refractivity contribution is 7.90. The number of aromatic carboxylic acids is 1. The van der Waals surface area contributed by atoms with E-state index in [1.54, 1.807) is 89.2 Å². The number of carbonyl (C=O) groups excluding carboxylic acids is 2. The van der Waals surface area contributed by atoms with Gasteiger partial charge in [-0.3, -0.25) is 0 Å². The Balaban J connectivity index is 0.000000347. The first kappa shape index (κ1) is 58.6. The number of aryl methyl sites for hydroxylation is 1. The van der Waals surface area contributed by atoms with Crippen molar-refractivity contribution in [1.29, 1.82) is 0 Å². The zero-order valence-electron chi connectivity index (χ0n) is 40.0. The van der Waals surface area contributed by atoms with E-state index in [9.17, 15) is 39.6 Å². The summed E-state index contributed by atoms with van der Waals surface area (Å²) in [6.45, 7) is 23.2. The number of benzene rings is 3. The molecule has 0 bridgehead atoms. The monoisotopic (exact) mass is 1020 g/mol. The van der Waals surface area contributed by atoms with Gasteiger partial charge in [0.25, 0.3) is 0 Å². The number of nitrogens with one attached hydrogen (secondary N) is 2. The van der Waals surface area contributed by atoms with E-state index >= 15 is 0 Å². The fraction of sp³-hybridized carbons (Fsp3) is 0.523. The van der Waals surface area contributed by atoms with Gasteiger partial charge in [-0.25, -0.2) is 49.1 Å². The first-order valence-electron chi connectivity index (χ1n) is 21.2. The standard InChI is InChI=1S/C16H23NO6S.C15H22ClNO5S.C13H19NO5S/c1-4-22-14-10-12(3)15(11-13(14)16(18)23-5-2)24(19,20)17-6-8-21-9-7-17;1-6-21-12-9-11(16)13(8-10(12)14(18)22-7-2)23(19,20)17-15(3,4)5;1-5-19-11-7-6-9(8-10(11)12(15)16)20(17,18)14-13(2,3)4/h10-11H,4-9H2,1-3H3;8-9,17H,6-7H2,1-5H3;6-8,14H,5H2,1-4H3,(H,15,16). The number of nitrogens with zero attached hydrogens (tertiary/aromatic N) is 1. The minimum atomic E-state index is -3.90. The Morgan fingerprint density at radius 3 is 1.54 bits per heavy atom. The molecule has 0 saturated carbocycles. The van der Waals surface area contributed by atoms with Crippen LogP contribution in [0.2, 0.25) is 5.02 Å². The van der Waals surface area contributed by atoms with Gasteiger partial charge in [0, 0.05) is 30.2 Å². The second-order valence-corrected chi connectivity index (χ2v) is 22.0. The summed E-state index contributed by atoms with van der Waals surface area (Å²) in [6, 6.07) is 9.19. The lowest BCUT2D eigenvalue weighted by atomic mass is 10.1. The van der Waals surface area contributed by atoms with Crippen LogP contribution in [0.3, 0.4) is 0 Å². The maximum absolute atomic E-state index is 12.9. The molecule has 0 atom stereocenters. The molecule has 1 fully saturated rings. The fourth-order valence-electron chi connectivity index (χ4n) is 5.94. The molecule has 1 heterocycles. The zero-order chi connectivity index (χ0) is 51.1. The number of sulfonamides is 3. The molecule has 23 heteroatoms. The Morgan fingerprint density at radius 2 is 1.09 bits per heavy atom. The average molecular weight is 1020 g/mol. The van der Waals surface area contributed by atoms with Crippen LogP contribution in [0.4, 0.5) is 0 Å². The van der Waals surface area contributed by atoms with Crippen molar-refractivity contribution in [2.24, 2.45) is 0 Å². The molecule has 1 saturated heterocycles. The van der Waals surface area contributed by atoms with Crippen molar-refractivity contribution in [3.63, 3.8) is 0 Å². The van der Waals surface area contributed by atoms with Crippen molar-refractivity contribution in [2.45, 2.75) is 109 Å². The number of rotatable bonds is 17. The van der Waals surface area contributed by atoms with Crippen LogP contribution < -0.4 is 23.7 Å². The Bertz CT molecular complexity index is 2530. The van der Waals surface area contributed by atoms with E-state index in [4.69, 9.17) is 45.1 Å². The van der Waals surface area contributed by atoms with Crippen molar-refractivity contribution in [3.05, 3.63) is 69.7 Å². The fourth-order valence-corrected chi connectivity index (χ4v) is 11.0. The molecule has 67 heavy (non-hydrogen) atoms. The normalized spacial score (nSPS) is 13.5. The van der Waals surface area contributed by atoms with E-state index in [2.05, 4.69) is 9.44 Å². The predicted octanol–water partition coefficient (Wildman–Crippen LogP) is 6.44. The second-order valence-electron chi connectivity index (χ2n) is 16.3. The molecular formula is C44H64ClN3O16S3. The highest BCUT2D eigenvalue weighted by Gasteiger charge is 2.31. The second kappa shape index (κ2) is 25.2. The molecule has 3 N–H and O–H groups in total. The average Bonchev–Trinajstić information content (AvgIpc) is 3.20. The van der Waals surface area contributed by atoms with Crippen molar-refractivity contribution in [3.8, 4) is 17.2 Å². The summed E-state index contributed by atoms with van der Waals surface area (Å²) >= 11 is 6.08. The van der Waals surface area contributed by atoms with Crippen molar-refractivity contribution in [1.82, 2.24) is 13.7 Å². The lowest BCUT2D eigenvalue weighted by molar-refractivity contribution is 0.0511. The predicted molar refractivity (Wildman–Crippen MR) is 251 cm³/mol. The van der Waals surface area contributed by atoms with Crippen LogP contribution in [0, 0.1) is 6.92 Å². The summed E-state index contributed by atoms with van der Waals surface area (Å²) in [7, 11) is -11.4. The SMILES string of the molecule is CCOC(=O)c1cc(S(=O)(=O)N2CCOCC2)c(C)cc1OCC.CCOC(=O)c1cc(S(=O)(=O)NC(C)(C)C)c(Cl)cc1OCC.CCOc1ccc(S(=O)(=O)NC(C)(C)C)cc1C(=O)O. The van der Waals surface area contributed by atoms with Crippen LogP contribution in [0.5, 0.6) is 17.2 Å². The van der Waals surface area contributed by atoms with Crippen LogP contribution in [0.25, 0.3) is 0 Å². The molecule has 4 rings (SSSR count). The summed E-state index contributed by atoms with van der Waals surface area (Å²) in [4.78, 5) is 35.2. The van der Waals surface area contributed by atoms with Crippen LogP contribution in [-0.2, 0) is 44.3 Å². The number of esters is 2. The summed E-state index contributed by atoms with van der Waals surface area (Å²) in [5.41, 5.74) is -0.851. The molecule has 0 radical (unpaired) electrons. The third-order valence-electron chi connectivity index (χ3n) is 8.45. The summed E-state index contributed by atoms with van der Waals surface area (Å²) in [5, 5.41) is 9.09. The molecule has 3 aromatic rings. The smallest absolute Gasteiger partial charge is 0.341 e. The van der Waals surface area contributed by atoms with E-state index in [1.807, 2.05) is 0 Å². The molecule has 19 nitrogen and oxygen atoms in total. The Hall–Kier alpha value is -4.55. The Morgan fingerprint density at radius 1 is 0.642 bits per heavy atom. The maximum atomic E-state index is 12.9. The topological polar surface area (TPSA) is 257 Å². The number of carbonyl (C=O) groups is 3. The number of hydrogen-bond donors (Lipinski definition) is 3. The van der Waals surface area contributed by atoms with Crippen LogP contribution >= 0.6 is 11.6 Å². The lowest BCUT2D eigenvalue weighted by Gasteiger charge is -2.27. The van der Waals surface area contributed by atoms with Crippen LogP contribution in [0.1, 0.15) is 113 Å². The Kier molecular flexibility index (Phi) is 22.0. The van der Waals surface area contributed by atoms with Crippen molar-refractivity contribution >= 4 is 59.6 Å². The molecule has 0 unspecified atom stereocenters. The molecule has 376 valence electrons. The van der Waals surface area contributed by atoms with Gasteiger partial charge < -0.3 is 33.5 Å². The van der Waals surface area contributed by atoms with Gasteiger partial charge in [-0.2, -0.15) is 4.31 Å². The number of carboxylic acid groups (broad SMARTS) is 1. The van der Waals surface area contributed by atoms with Gasteiger partial charge in [-0.1, -0.05) is 11.6 Å². The van der Waals surface area contributed by atoms with Gasteiger partial charge in [0.05, 0.1) is 61.1 Å². The summed E-state index contributed by atoms with van der Waals surface area (Å²) in [5.74, 6) is -1.84. The van der Waals surface area contributed by atoms with Gasteiger partial charge in [0.15, 0.2) is 0 Å². The summed E-state index contributed by atoms with van der Waals surface area (Å²) in [6.07, 6.45) is 0. The quantitative estimate of drug-likeness (QED) is 0.123. The van der Waals surface area contributed by atoms with Crippen LogP contribution in [-0.4, -0.2) is 123 Å². The minimum Gasteiger partial charge on any atom is -0.493 e. The molecular weight excluding hydrogens is 958 g/mol. The molecule has 0 aromatic heterocycles. The molecule has 1 aliphatic heterocycles. The zero-order valence-corrected chi connectivity index (χ0v) is 43.2. The highest BCUT2D eigenvalue weighted by Crippen LogP contribution is 2.33. The third-order valence-corrected chi connectivity index (χ3v) is 14.5. The number of halogens is 1. The van der Waals surface area contributed by atoms with Gasteiger partial charge in [0.2, 0.25) is 30.1 Å². The van der Waals surface area contributed by atoms with Gasteiger partial charge >= 0.3 is 17.9 Å². The van der Waals surface area contributed by atoms with E-state index in [1.165, 1.54) is 34.6 Å². The molecule has 0 spiro atoms. The molecule has 0 amide bonds. The highest BCUT2D eigenvalue weighted by atomic mass is 35.5. The number of morpholine rings is 1. The lowest BCUT2D eigenvalue weighted by Crippen LogP contribution is -2.40. The minimum absolute atomic E-state index is 0.0207. The van der Waals surface area contributed by atoms with Gasteiger partial charge in [-0.15, -0.1) is 0 Å². The maximum Gasteiger partial charge on any atom is 0.341 e. The molecule has 0 aliphatic carbocycles. The number of carboxylic acids is 1. The Labute approximate surface area is 399 Å². The number of ether oxygens (including phenoxy) is 6.